The Morgan fingerprint density at radius 1 is 1.25 bits per heavy atom. The molecule has 0 saturated heterocycles. The predicted octanol–water partition coefficient (Wildman–Crippen LogP) is 3.09. The first-order valence-corrected chi connectivity index (χ1v) is 14.5. The minimum atomic E-state index is -0.939. The van der Waals surface area contributed by atoms with E-state index in [1.54, 1.807) is 32.1 Å². The highest BCUT2D eigenvalue weighted by molar-refractivity contribution is 7.19. The molecule has 12 nitrogen and oxygen atoms in total. The van der Waals surface area contributed by atoms with Crippen molar-refractivity contribution in [3.8, 4) is 0 Å². The van der Waals surface area contributed by atoms with Crippen molar-refractivity contribution < 1.29 is 19.4 Å². The number of hydrogen-bond donors (Lipinski definition) is 6. The summed E-state index contributed by atoms with van der Waals surface area (Å²) in [5.41, 5.74) is 7.91. The van der Waals surface area contributed by atoms with Gasteiger partial charge in [-0.1, -0.05) is 11.3 Å². The number of fused-ring (bicyclic) bond motifs is 4. The number of rotatable bonds is 8. The second-order valence-electron chi connectivity index (χ2n) is 10.5. The molecule has 4 aromatic rings. The van der Waals surface area contributed by atoms with E-state index in [0.717, 1.165) is 55.2 Å². The summed E-state index contributed by atoms with van der Waals surface area (Å²) in [7, 11) is 0. The first-order chi connectivity index (χ1) is 19.1. The third-order valence-electron chi connectivity index (χ3n) is 6.35. The van der Waals surface area contributed by atoms with Crippen LogP contribution in [0.4, 0.5) is 16.3 Å². The van der Waals surface area contributed by atoms with Gasteiger partial charge in [-0.3, -0.25) is 15.0 Å². The number of anilines is 2. The number of ether oxygens (including phenoxy) is 1. The van der Waals surface area contributed by atoms with Crippen molar-refractivity contribution in [2.45, 2.75) is 64.1 Å². The number of carbonyl (C=O) groups is 2. The number of thiophene rings is 1. The molecule has 1 aliphatic rings. The average Bonchev–Trinajstić information content (AvgIpc) is 3.45. The van der Waals surface area contributed by atoms with Crippen molar-refractivity contribution in [1.82, 2.24) is 31.1 Å². The highest BCUT2D eigenvalue weighted by Gasteiger charge is 2.28. The maximum atomic E-state index is 12.8. The third kappa shape index (κ3) is 6.41. The summed E-state index contributed by atoms with van der Waals surface area (Å²) in [5.74, 6) is 0.258. The SMILES string of the molecule is CC(C)(C)OC(=O)N[C@@H](CCO)C(=O)NNC1CCc2c(sc3ncnc(Nc4ccc5[nH]c(=O)sc5c4)c23)C1. The van der Waals surface area contributed by atoms with E-state index in [1.165, 1.54) is 11.9 Å². The van der Waals surface area contributed by atoms with Crippen molar-refractivity contribution >= 4 is 66.6 Å². The Hall–Kier alpha value is -3.59. The Morgan fingerprint density at radius 2 is 2.08 bits per heavy atom. The van der Waals surface area contributed by atoms with Crippen molar-refractivity contribution in [2.75, 3.05) is 11.9 Å². The molecule has 5 rings (SSSR count). The number of benzene rings is 1. The van der Waals surface area contributed by atoms with Crippen LogP contribution in [0.15, 0.2) is 29.3 Å². The van der Waals surface area contributed by atoms with Crippen LogP contribution in [0, 0.1) is 0 Å². The van der Waals surface area contributed by atoms with E-state index in [-0.39, 0.29) is 23.9 Å². The first-order valence-electron chi connectivity index (χ1n) is 12.9. The lowest BCUT2D eigenvalue weighted by Gasteiger charge is -2.26. The van der Waals surface area contributed by atoms with Crippen LogP contribution < -0.4 is 26.4 Å². The summed E-state index contributed by atoms with van der Waals surface area (Å²) in [6.45, 7) is 4.94. The molecule has 3 heterocycles. The van der Waals surface area contributed by atoms with Crippen molar-refractivity contribution in [3.63, 3.8) is 0 Å². The average molecular weight is 586 g/mol. The number of nitrogens with one attached hydrogen (secondary N) is 5. The fourth-order valence-corrected chi connectivity index (χ4v) is 6.64. The van der Waals surface area contributed by atoms with Gasteiger partial charge in [0.15, 0.2) is 0 Å². The Balaban J connectivity index is 1.25. The number of hydrazine groups is 1. The van der Waals surface area contributed by atoms with Gasteiger partial charge in [-0.15, -0.1) is 11.3 Å². The molecule has 0 bridgehead atoms. The Labute approximate surface area is 237 Å². The number of amides is 2. The molecular formula is C26H31N7O5S2. The normalized spacial score (nSPS) is 15.9. The molecule has 0 aliphatic heterocycles. The van der Waals surface area contributed by atoms with E-state index in [2.05, 4.69) is 36.4 Å². The standard InChI is InChI=1S/C26H31N7O5S2/c1-26(2,3)38-24(36)30-17(8-9-34)22(35)33-32-14-4-6-15-18(11-14)39-23-20(15)21(27-12-28-23)29-13-5-7-16-19(10-13)40-25(37)31-16/h5,7,10,12,14,17,32,34H,4,6,8-9,11H2,1-3H3,(H,30,36)(H,31,37)(H,33,35)(H,27,28,29)/t14?,17-/m0/s1. The van der Waals surface area contributed by atoms with E-state index in [0.29, 0.717) is 12.2 Å². The number of H-pyrrole nitrogens is 1. The minimum absolute atomic E-state index is 0.0241. The quantitative estimate of drug-likeness (QED) is 0.170. The van der Waals surface area contributed by atoms with Gasteiger partial charge in [0.1, 0.15) is 28.6 Å². The number of aromatic amines is 1. The topological polar surface area (TPSA) is 170 Å². The zero-order chi connectivity index (χ0) is 28.4. The smallest absolute Gasteiger partial charge is 0.408 e. The Bertz CT molecular complexity index is 1610. The van der Waals surface area contributed by atoms with Crippen LogP contribution in [0.3, 0.4) is 0 Å². The summed E-state index contributed by atoms with van der Waals surface area (Å²) >= 11 is 2.76. The molecule has 0 saturated carbocycles. The summed E-state index contributed by atoms with van der Waals surface area (Å²) in [6, 6.07) is 4.74. The summed E-state index contributed by atoms with van der Waals surface area (Å²) < 4.78 is 6.10. The van der Waals surface area contributed by atoms with Gasteiger partial charge in [0.25, 0.3) is 5.91 Å². The van der Waals surface area contributed by atoms with Gasteiger partial charge in [-0.05, 0) is 70.2 Å². The molecule has 3 aromatic heterocycles. The maximum absolute atomic E-state index is 12.8. The lowest BCUT2D eigenvalue weighted by Crippen LogP contribution is -2.54. The van der Waals surface area contributed by atoms with Gasteiger partial charge in [0, 0.05) is 23.2 Å². The van der Waals surface area contributed by atoms with Gasteiger partial charge < -0.3 is 25.5 Å². The number of nitrogens with zero attached hydrogens (tertiary/aromatic N) is 2. The fraction of sp³-hybridized carbons (Fsp3) is 0.423. The number of hydrogen-bond acceptors (Lipinski definition) is 11. The third-order valence-corrected chi connectivity index (χ3v) is 8.36. The number of aromatic nitrogens is 3. The van der Waals surface area contributed by atoms with Gasteiger partial charge in [0.05, 0.1) is 15.6 Å². The second-order valence-corrected chi connectivity index (χ2v) is 12.6. The van der Waals surface area contributed by atoms with E-state index in [4.69, 9.17) is 4.74 Å². The van der Waals surface area contributed by atoms with Gasteiger partial charge >= 0.3 is 11.0 Å². The Kier molecular flexibility index (Phi) is 8.03. The molecule has 2 atom stereocenters. The molecule has 2 amide bonds. The lowest BCUT2D eigenvalue weighted by atomic mass is 9.93. The van der Waals surface area contributed by atoms with Crippen LogP contribution in [-0.4, -0.2) is 56.4 Å². The number of aliphatic hydroxyl groups is 1. The van der Waals surface area contributed by atoms with Crippen LogP contribution in [0.1, 0.15) is 44.1 Å². The molecular weight excluding hydrogens is 554 g/mol. The van der Waals surface area contributed by atoms with Gasteiger partial charge in [0.2, 0.25) is 0 Å². The lowest BCUT2D eigenvalue weighted by molar-refractivity contribution is -0.124. The van der Waals surface area contributed by atoms with Gasteiger partial charge in [-0.25, -0.2) is 20.2 Å². The van der Waals surface area contributed by atoms with E-state index in [9.17, 15) is 19.5 Å². The van der Waals surface area contributed by atoms with Crippen molar-refractivity contribution in [1.29, 1.82) is 0 Å². The summed E-state index contributed by atoms with van der Waals surface area (Å²) in [6.07, 6.45) is 3.09. The van der Waals surface area contributed by atoms with Gasteiger partial charge in [-0.2, -0.15) is 0 Å². The van der Waals surface area contributed by atoms with E-state index < -0.39 is 23.6 Å². The summed E-state index contributed by atoms with van der Waals surface area (Å²) in [4.78, 5) is 50.3. The zero-order valence-corrected chi connectivity index (χ0v) is 23.9. The van der Waals surface area contributed by atoms with Crippen molar-refractivity contribution in [2.24, 2.45) is 0 Å². The predicted molar refractivity (Wildman–Crippen MR) is 155 cm³/mol. The van der Waals surface area contributed by atoms with E-state index >= 15 is 0 Å². The molecule has 14 heteroatoms. The first kappa shape index (κ1) is 28.0. The largest absolute Gasteiger partial charge is 0.444 e. The number of thiazole rings is 1. The molecule has 6 N–H and O–H groups in total. The van der Waals surface area contributed by atoms with Crippen LogP contribution in [0.5, 0.6) is 0 Å². The molecule has 0 spiro atoms. The number of aliphatic hydroxyl groups excluding tert-OH is 1. The van der Waals surface area contributed by atoms with Crippen LogP contribution in [0.2, 0.25) is 0 Å². The highest BCUT2D eigenvalue weighted by atomic mass is 32.1. The van der Waals surface area contributed by atoms with Crippen LogP contribution >= 0.6 is 22.7 Å². The molecule has 1 unspecified atom stereocenters. The number of aryl methyl sites for hydroxylation is 1. The maximum Gasteiger partial charge on any atom is 0.408 e. The number of carbonyl (C=O) groups excluding carboxylic acids is 2. The highest BCUT2D eigenvalue weighted by Crippen LogP contribution is 2.39. The second kappa shape index (κ2) is 11.5. The molecule has 40 heavy (non-hydrogen) atoms. The fourth-order valence-electron chi connectivity index (χ4n) is 4.60. The number of alkyl carbamates (subject to hydrolysis) is 1. The Morgan fingerprint density at radius 3 is 2.85 bits per heavy atom. The van der Waals surface area contributed by atoms with Crippen LogP contribution in [0.25, 0.3) is 20.4 Å². The molecule has 212 valence electrons. The molecule has 1 aliphatic carbocycles. The van der Waals surface area contributed by atoms with Crippen molar-refractivity contribution in [3.05, 3.63) is 44.6 Å². The monoisotopic (exact) mass is 585 g/mol. The minimum Gasteiger partial charge on any atom is -0.444 e. The van der Waals surface area contributed by atoms with Crippen LogP contribution in [-0.2, 0) is 22.4 Å². The summed E-state index contributed by atoms with van der Waals surface area (Å²) in [5, 5.41) is 16.3. The molecule has 0 radical (unpaired) electrons. The zero-order valence-electron chi connectivity index (χ0n) is 22.3. The molecule has 0 fully saturated rings. The molecule has 1 aromatic carbocycles. The van der Waals surface area contributed by atoms with E-state index in [1.807, 2.05) is 18.2 Å².